The molecular weight excluding hydrogens is 210 g/mol. The van der Waals surface area contributed by atoms with Gasteiger partial charge >= 0.3 is 0 Å². The maximum Gasteiger partial charge on any atom is 0.206 e. The summed E-state index contributed by atoms with van der Waals surface area (Å²) in [7, 11) is 1.67. The highest BCUT2D eigenvalue weighted by Crippen LogP contribution is 1.97. The van der Waals surface area contributed by atoms with Crippen LogP contribution in [0, 0.1) is 0 Å². The molecule has 0 aliphatic carbocycles. The fraction of sp³-hybridized carbons (Fsp3) is 0.556. The Morgan fingerprint density at radius 1 is 1.69 bits per heavy atom. The minimum absolute atomic E-state index is 0.400. The number of aromatic nitrogens is 1. The van der Waals surface area contributed by atoms with Crippen LogP contribution in [0.25, 0.3) is 0 Å². The van der Waals surface area contributed by atoms with Crippen molar-refractivity contribution >= 4 is 5.96 Å². The zero-order valence-electron chi connectivity index (χ0n) is 9.27. The van der Waals surface area contributed by atoms with Crippen LogP contribution >= 0.6 is 0 Å². The zero-order chi connectivity index (χ0) is 11.6. The van der Waals surface area contributed by atoms with Crippen LogP contribution in [-0.4, -0.2) is 31.4 Å². The minimum Gasteiger partial charge on any atom is -0.385 e. The van der Waals surface area contributed by atoms with Crippen molar-refractivity contribution in [2.45, 2.75) is 13.0 Å². The van der Waals surface area contributed by atoms with E-state index in [0.29, 0.717) is 24.9 Å². The average Bonchev–Trinajstić information content (AvgIpc) is 2.81. The molecule has 0 radical (unpaired) electrons. The first-order valence-corrected chi connectivity index (χ1v) is 5.00. The van der Waals surface area contributed by atoms with Gasteiger partial charge in [-0.3, -0.25) is 5.43 Å². The zero-order valence-corrected chi connectivity index (χ0v) is 9.27. The molecule has 0 bridgehead atoms. The molecule has 0 aliphatic heterocycles. The molecule has 1 rings (SSSR count). The summed E-state index contributed by atoms with van der Waals surface area (Å²) in [6, 6.07) is 1.75. The maximum atomic E-state index is 5.31. The van der Waals surface area contributed by atoms with Crippen LogP contribution in [0.3, 0.4) is 0 Å². The van der Waals surface area contributed by atoms with Gasteiger partial charge in [-0.15, -0.1) is 0 Å². The van der Waals surface area contributed by atoms with E-state index in [1.807, 2.05) is 0 Å². The van der Waals surface area contributed by atoms with Gasteiger partial charge in [-0.25, -0.2) is 10.8 Å². The predicted octanol–water partition coefficient (Wildman–Crippen LogP) is -0.380. The third kappa shape index (κ3) is 4.76. The fourth-order valence-corrected chi connectivity index (χ4v) is 1.06. The van der Waals surface area contributed by atoms with Gasteiger partial charge in [0.2, 0.25) is 5.96 Å². The normalized spacial score (nSPS) is 11.5. The van der Waals surface area contributed by atoms with Gasteiger partial charge in [0.15, 0.2) is 5.76 Å². The van der Waals surface area contributed by atoms with Gasteiger partial charge in [0.1, 0.15) is 6.54 Å². The largest absolute Gasteiger partial charge is 0.385 e. The van der Waals surface area contributed by atoms with Crippen LogP contribution in [0.5, 0.6) is 0 Å². The van der Waals surface area contributed by atoms with Crippen molar-refractivity contribution < 1.29 is 9.26 Å². The number of nitrogens with one attached hydrogen (secondary N) is 2. The number of hydrogen-bond donors (Lipinski definition) is 3. The number of nitrogens with two attached hydrogens (primary N) is 1. The van der Waals surface area contributed by atoms with Crippen molar-refractivity contribution in [3.63, 3.8) is 0 Å². The smallest absolute Gasteiger partial charge is 0.206 e. The molecule has 7 heteroatoms. The summed E-state index contributed by atoms with van der Waals surface area (Å²) in [4.78, 5) is 4.18. The highest BCUT2D eigenvalue weighted by molar-refractivity contribution is 5.79. The van der Waals surface area contributed by atoms with E-state index >= 15 is 0 Å². The van der Waals surface area contributed by atoms with E-state index in [4.69, 9.17) is 15.1 Å². The Morgan fingerprint density at radius 3 is 3.19 bits per heavy atom. The second kappa shape index (κ2) is 7.66. The molecular formula is C9H17N5O2. The molecule has 16 heavy (non-hydrogen) atoms. The summed E-state index contributed by atoms with van der Waals surface area (Å²) in [6.45, 7) is 1.84. The molecule has 0 fully saturated rings. The van der Waals surface area contributed by atoms with Gasteiger partial charge < -0.3 is 14.6 Å². The number of hydrogen-bond acceptors (Lipinski definition) is 5. The number of rotatable bonds is 6. The highest BCUT2D eigenvalue weighted by Gasteiger charge is 1.98. The molecule has 4 N–H and O–H groups in total. The van der Waals surface area contributed by atoms with Crippen molar-refractivity contribution in [3.8, 4) is 0 Å². The SMILES string of the molecule is COCCCNC(=NCc1ccno1)NN. The van der Waals surface area contributed by atoms with Crippen molar-refractivity contribution in [2.24, 2.45) is 10.8 Å². The Labute approximate surface area is 94.0 Å². The molecule has 0 saturated carbocycles. The summed E-state index contributed by atoms with van der Waals surface area (Å²) in [5.41, 5.74) is 2.48. The first-order valence-electron chi connectivity index (χ1n) is 5.00. The van der Waals surface area contributed by atoms with E-state index in [-0.39, 0.29) is 0 Å². The summed E-state index contributed by atoms with van der Waals surface area (Å²) < 4.78 is 9.82. The van der Waals surface area contributed by atoms with Crippen LogP contribution in [0.4, 0.5) is 0 Å². The van der Waals surface area contributed by atoms with Crippen molar-refractivity contribution in [2.75, 3.05) is 20.3 Å². The van der Waals surface area contributed by atoms with Crippen molar-refractivity contribution in [3.05, 3.63) is 18.0 Å². The van der Waals surface area contributed by atoms with Crippen LogP contribution in [-0.2, 0) is 11.3 Å². The fourth-order valence-electron chi connectivity index (χ4n) is 1.06. The first kappa shape index (κ1) is 12.5. The number of nitrogens with zero attached hydrogens (tertiary/aromatic N) is 2. The molecule has 90 valence electrons. The van der Waals surface area contributed by atoms with Crippen LogP contribution in [0.2, 0.25) is 0 Å². The molecule has 0 atom stereocenters. The van der Waals surface area contributed by atoms with Gasteiger partial charge in [-0.2, -0.15) is 0 Å². The molecule has 1 aromatic heterocycles. The predicted molar refractivity (Wildman–Crippen MR) is 59.5 cm³/mol. The van der Waals surface area contributed by atoms with E-state index < -0.39 is 0 Å². The number of ether oxygens (including phenoxy) is 1. The van der Waals surface area contributed by atoms with E-state index in [1.165, 1.54) is 0 Å². The molecule has 0 spiro atoms. The summed E-state index contributed by atoms with van der Waals surface area (Å²) in [6.07, 6.45) is 2.46. The maximum absolute atomic E-state index is 5.31. The lowest BCUT2D eigenvalue weighted by atomic mass is 10.4. The van der Waals surface area contributed by atoms with Crippen LogP contribution < -0.4 is 16.6 Å². The average molecular weight is 227 g/mol. The lowest BCUT2D eigenvalue weighted by Crippen LogP contribution is -2.42. The van der Waals surface area contributed by atoms with E-state index in [0.717, 1.165) is 13.0 Å². The Morgan fingerprint density at radius 2 is 2.56 bits per heavy atom. The number of hydrazine groups is 1. The first-order chi connectivity index (χ1) is 7.86. The number of aliphatic imine (C=N–C) groups is 1. The lowest BCUT2D eigenvalue weighted by Gasteiger charge is -2.07. The van der Waals surface area contributed by atoms with Gasteiger partial charge in [-0.05, 0) is 6.42 Å². The van der Waals surface area contributed by atoms with Crippen LogP contribution in [0.1, 0.15) is 12.2 Å². The van der Waals surface area contributed by atoms with Gasteiger partial charge in [0, 0.05) is 26.3 Å². The van der Waals surface area contributed by atoms with Gasteiger partial charge in [0.05, 0.1) is 6.20 Å². The Kier molecular flexibility index (Phi) is 5.97. The summed E-state index contributed by atoms with van der Waals surface area (Å²) >= 11 is 0. The van der Waals surface area contributed by atoms with E-state index in [2.05, 4.69) is 20.9 Å². The minimum atomic E-state index is 0.400. The standard InChI is InChI=1S/C9H17N5O2/c1-15-6-2-4-11-9(14-10)12-7-8-3-5-13-16-8/h3,5H,2,4,6-7,10H2,1H3,(H2,11,12,14). The van der Waals surface area contributed by atoms with Gasteiger partial charge in [-0.1, -0.05) is 5.16 Å². The highest BCUT2D eigenvalue weighted by atomic mass is 16.5. The second-order valence-electron chi connectivity index (χ2n) is 3.06. The molecule has 0 amide bonds. The second-order valence-corrected chi connectivity index (χ2v) is 3.06. The number of methoxy groups -OCH3 is 1. The molecule has 0 saturated heterocycles. The summed E-state index contributed by atoms with van der Waals surface area (Å²) in [5.74, 6) is 6.51. The van der Waals surface area contributed by atoms with E-state index in [1.54, 1.807) is 19.4 Å². The molecule has 1 heterocycles. The molecule has 0 unspecified atom stereocenters. The molecule has 7 nitrogen and oxygen atoms in total. The quantitative estimate of drug-likeness (QED) is 0.201. The third-order valence-electron chi connectivity index (χ3n) is 1.84. The van der Waals surface area contributed by atoms with Crippen LogP contribution in [0.15, 0.2) is 21.8 Å². The van der Waals surface area contributed by atoms with E-state index in [9.17, 15) is 0 Å². The topological polar surface area (TPSA) is 97.7 Å². The number of guanidine groups is 1. The van der Waals surface area contributed by atoms with Gasteiger partial charge in [0.25, 0.3) is 0 Å². The molecule has 0 aromatic carbocycles. The monoisotopic (exact) mass is 227 g/mol. The Bertz CT molecular complexity index is 299. The van der Waals surface area contributed by atoms with Crippen molar-refractivity contribution in [1.82, 2.24) is 15.9 Å². The third-order valence-corrected chi connectivity index (χ3v) is 1.84. The molecule has 1 aromatic rings. The lowest BCUT2D eigenvalue weighted by molar-refractivity contribution is 0.195. The van der Waals surface area contributed by atoms with Crippen molar-refractivity contribution in [1.29, 1.82) is 0 Å². The molecule has 0 aliphatic rings. The Hall–Kier alpha value is -1.60. The Balaban J connectivity index is 2.27. The summed E-state index contributed by atoms with van der Waals surface area (Å²) in [5, 5.41) is 6.62.